The minimum Gasteiger partial charge on any atom is -0.481 e. The molecule has 1 saturated carbocycles. The normalized spacial score (nSPS) is 41.5. The van der Waals surface area contributed by atoms with Gasteiger partial charge in [0.2, 0.25) is 0 Å². The minimum absolute atomic E-state index is 0.0421. The molecular formula is C11H17NO2S. The molecule has 1 aliphatic carbocycles. The highest BCUT2D eigenvalue weighted by Crippen LogP contribution is 2.48. The van der Waals surface area contributed by atoms with Crippen LogP contribution in [0.5, 0.6) is 0 Å². The zero-order chi connectivity index (χ0) is 10.4. The summed E-state index contributed by atoms with van der Waals surface area (Å²) in [6.45, 7) is 1.05. The Kier molecular flexibility index (Phi) is 2.44. The molecule has 0 amide bonds. The van der Waals surface area contributed by atoms with Gasteiger partial charge in [-0.2, -0.15) is 11.8 Å². The summed E-state index contributed by atoms with van der Waals surface area (Å²) >= 11 is 2.04. The molecule has 4 heteroatoms. The number of carboxylic acids is 1. The van der Waals surface area contributed by atoms with Crippen LogP contribution in [0.1, 0.15) is 19.3 Å². The fourth-order valence-electron chi connectivity index (χ4n) is 3.46. The van der Waals surface area contributed by atoms with Crippen molar-refractivity contribution in [2.45, 2.75) is 31.3 Å². The number of carbonyl (C=O) groups is 1. The topological polar surface area (TPSA) is 40.5 Å². The Bertz CT molecular complexity index is 278. The van der Waals surface area contributed by atoms with Gasteiger partial charge in [0.1, 0.15) is 0 Å². The molecule has 3 saturated heterocycles. The highest BCUT2D eigenvalue weighted by atomic mass is 32.2. The van der Waals surface area contributed by atoms with E-state index in [1.807, 2.05) is 11.8 Å². The van der Waals surface area contributed by atoms with Gasteiger partial charge in [-0.15, -0.1) is 0 Å². The summed E-state index contributed by atoms with van der Waals surface area (Å²) in [6.07, 6.45) is 3.67. The maximum absolute atomic E-state index is 11.0. The third-order valence-electron chi connectivity index (χ3n) is 4.28. The molecule has 4 rings (SSSR count). The second kappa shape index (κ2) is 3.67. The van der Waals surface area contributed by atoms with Crippen LogP contribution < -0.4 is 0 Å². The lowest BCUT2D eigenvalue weighted by Gasteiger charge is -2.38. The number of rotatable bonds is 2. The van der Waals surface area contributed by atoms with Crippen LogP contribution in [0.15, 0.2) is 0 Å². The summed E-state index contributed by atoms with van der Waals surface area (Å²) in [4.78, 5) is 13.5. The number of aliphatic carboxylic acids is 1. The van der Waals surface area contributed by atoms with Crippen molar-refractivity contribution in [3.05, 3.63) is 0 Å². The van der Waals surface area contributed by atoms with Gasteiger partial charge in [0.15, 0.2) is 0 Å². The third kappa shape index (κ3) is 1.49. The van der Waals surface area contributed by atoms with Gasteiger partial charge in [-0.1, -0.05) is 0 Å². The lowest BCUT2D eigenvalue weighted by molar-refractivity contribution is -0.147. The maximum atomic E-state index is 11.0. The first kappa shape index (κ1) is 9.97. The number of thioether (sulfide) groups is 1. The zero-order valence-electron chi connectivity index (χ0n) is 8.76. The minimum atomic E-state index is -0.566. The molecule has 3 heterocycles. The lowest BCUT2D eigenvalue weighted by atomic mass is 9.74. The third-order valence-corrected chi connectivity index (χ3v) is 5.33. The van der Waals surface area contributed by atoms with Crippen LogP contribution in [-0.2, 0) is 4.79 Å². The molecule has 0 spiro atoms. The summed E-state index contributed by atoms with van der Waals surface area (Å²) in [5.41, 5.74) is 0. The van der Waals surface area contributed by atoms with Crippen molar-refractivity contribution in [2.24, 2.45) is 11.8 Å². The Balaban J connectivity index is 1.67. The van der Waals surface area contributed by atoms with Crippen molar-refractivity contribution in [3.63, 3.8) is 0 Å². The van der Waals surface area contributed by atoms with E-state index in [4.69, 9.17) is 5.11 Å². The van der Waals surface area contributed by atoms with Crippen LogP contribution in [0.4, 0.5) is 0 Å². The smallest absolute Gasteiger partial charge is 0.308 e. The molecular weight excluding hydrogens is 210 g/mol. The lowest BCUT2D eigenvalue weighted by Crippen LogP contribution is -2.47. The molecule has 1 N–H and O–H groups in total. The molecule has 2 bridgehead atoms. The van der Waals surface area contributed by atoms with E-state index in [0.717, 1.165) is 13.0 Å². The average molecular weight is 227 g/mol. The van der Waals surface area contributed by atoms with Crippen LogP contribution >= 0.6 is 11.8 Å². The average Bonchev–Trinajstić information content (AvgIpc) is 2.75. The largest absolute Gasteiger partial charge is 0.481 e. The van der Waals surface area contributed by atoms with Crippen molar-refractivity contribution in [1.29, 1.82) is 0 Å². The second-order valence-corrected chi connectivity index (χ2v) is 6.19. The van der Waals surface area contributed by atoms with Crippen molar-refractivity contribution < 1.29 is 9.90 Å². The van der Waals surface area contributed by atoms with Gasteiger partial charge in [0.25, 0.3) is 0 Å². The Labute approximate surface area is 94.2 Å². The van der Waals surface area contributed by atoms with Gasteiger partial charge in [-0.05, 0) is 36.7 Å². The Morgan fingerprint density at radius 3 is 2.67 bits per heavy atom. The number of nitrogens with zero attached hydrogens (tertiary/aromatic N) is 1. The van der Waals surface area contributed by atoms with Crippen molar-refractivity contribution in [3.8, 4) is 0 Å². The Hall–Kier alpha value is -0.220. The first-order chi connectivity index (χ1) is 7.27. The SMILES string of the molecule is O=C(O)C1C2CC1N(C1CCSCC1)C2. The van der Waals surface area contributed by atoms with Gasteiger partial charge in [0.05, 0.1) is 5.92 Å². The van der Waals surface area contributed by atoms with Crippen molar-refractivity contribution in [1.82, 2.24) is 4.90 Å². The predicted molar refractivity (Wildman–Crippen MR) is 60.1 cm³/mol. The van der Waals surface area contributed by atoms with E-state index in [0.29, 0.717) is 18.0 Å². The first-order valence-electron chi connectivity index (χ1n) is 5.83. The molecule has 4 fully saturated rings. The molecule has 3 atom stereocenters. The van der Waals surface area contributed by atoms with Crippen LogP contribution in [-0.4, -0.2) is 46.1 Å². The molecule has 0 aromatic rings. The van der Waals surface area contributed by atoms with Gasteiger partial charge in [-0.3, -0.25) is 9.69 Å². The highest BCUT2D eigenvalue weighted by Gasteiger charge is 2.56. The fraction of sp³-hybridized carbons (Fsp3) is 0.909. The van der Waals surface area contributed by atoms with E-state index < -0.39 is 5.97 Å². The van der Waals surface area contributed by atoms with Gasteiger partial charge in [-0.25, -0.2) is 0 Å². The van der Waals surface area contributed by atoms with Gasteiger partial charge < -0.3 is 5.11 Å². The monoisotopic (exact) mass is 227 g/mol. The number of fused-ring (bicyclic) bond motifs is 1. The van der Waals surface area contributed by atoms with Crippen LogP contribution in [0.25, 0.3) is 0 Å². The van der Waals surface area contributed by atoms with Crippen molar-refractivity contribution in [2.75, 3.05) is 18.1 Å². The van der Waals surface area contributed by atoms with Crippen molar-refractivity contribution >= 4 is 17.7 Å². The summed E-state index contributed by atoms with van der Waals surface area (Å²) < 4.78 is 0. The quantitative estimate of drug-likeness (QED) is 0.771. The molecule has 0 radical (unpaired) electrons. The molecule has 4 aliphatic rings. The zero-order valence-corrected chi connectivity index (χ0v) is 9.58. The summed E-state index contributed by atoms with van der Waals surface area (Å²) in [5, 5.41) is 9.10. The fourth-order valence-corrected chi connectivity index (χ4v) is 4.54. The molecule has 15 heavy (non-hydrogen) atoms. The molecule has 0 aromatic heterocycles. The van der Waals surface area contributed by atoms with E-state index in [9.17, 15) is 4.79 Å². The number of hydrogen-bond acceptors (Lipinski definition) is 3. The van der Waals surface area contributed by atoms with Crippen LogP contribution in [0.2, 0.25) is 0 Å². The molecule has 3 unspecified atom stereocenters. The standard InChI is InChI=1S/C11H17NO2S/c13-11(14)10-7-5-9(10)12(6-7)8-1-3-15-4-2-8/h7-10H,1-6H2,(H,13,14). The molecule has 0 aromatic carbocycles. The van der Waals surface area contributed by atoms with Gasteiger partial charge in [0, 0.05) is 18.6 Å². The number of carboxylic acid groups (broad SMARTS) is 1. The molecule has 3 nitrogen and oxygen atoms in total. The number of hydrogen-bond donors (Lipinski definition) is 1. The highest BCUT2D eigenvalue weighted by molar-refractivity contribution is 7.99. The summed E-state index contributed by atoms with van der Waals surface area (Å²) in [6, 6.07) is 1.06. The predicted octanol–water partition coefficient (Wildman–Crippen LogP) is 1.29. The van der Waals surface area contributed by atoms with E-state index in [1.165, 1.54) is 24.3 Å². The molecule has 3 aliphatic heterocycles. The first-order valence-corrected chi connectivity index (χ1v) is 6.99. The maximum Gasteiger partial charge on any atom is 0.308 e. The second-order valence-electron chi connectivity index (χ2n) is 4.97. The molecule has 84 valence electrons. The summed E-state index contributed by atoms with van der Waals surface area (Å²) in [5.74, 6) is 2.37. The van der Waals surface area contributed by atoms with Gasteiger partial charge >= 0.3 is 5.97 Å². The van der Waals surface area contributed by atoms with Crippen LogP contribution in [0, 0.1) is 11.8 Å². The Morgan fingerprint density at radius 1 is 1.33 bits per heavy atom. The van der Waals surface area contributed by atoms with E-state index in [1.54, 1.807) is 0 Å². The van der Waals surface area contributed by atoms with E-state index in [-0.39, 0.29) is 5.92 Å². The Morgan fingerprint density at radius 2 is 2.07 bits per heavy atom. The van der Waals surface area contributed by atoms with E-state index >= 15 is 0 Å². The summed E-state index contributed by atoms with van der Waals surface area (Å²) in [7, 11) is 0. The van der Waals surface area contributed by atoms with E-state index in [2.05, 4.69) is 4.90 Å². The van der Waals surface area contributed by atoms with Crippen LogP contribution in [0.3, 0.4) is 0 Å².